The lowest BCUT2D eigenvalue weighted by atomic mass is 10.2. The molecule has 1 heterocycles. The van der Waals surface area contributed by atoms with E-state index in [0.717, 1.165) is 34.1 Å². The topological polar surface area (TPSA) is 42.0 Å². The molecule has 128 valence electrons. The molecular weight excluding hydrogens is 405 g/mol. The molecule has 3 nitrogen and oxygen atoms in total. The number of aromatic nitrogens is 1. The fraction of sp³-hybridized carbons (Fsp3) is 0.250. The van der Waals surface area contributed by atoms with Gasteiger partial charge in [0.2, 0.25) is 5.91 Å². The third-order valence-corrected chi connectivity index (χ3v) is 4.82. The summed E-state index contributed by atoms with van der Waals surface area (Å²) in [6.07, 6.45) is -3.65. The second-order valence-corrected chi connectivity index (χ2v) is 7.33. The van der Waals surface area contributed by atoms with Crippen LogP contribution in [0.4, 0.5) is 18.9 Å². The van der Waals surface area contributed by atoms with Gasteiger partial charge >= 0.3 is 6.18 Å². The maximum absolute atomic E-state index is 12.5. The smallest absolute Gasteiger partial charge is 0.324 e. The molecule has 0 aliphatic carbocycles. The van der Waals surface area contributed by atoms with E-state index in [4.69, 9.17) is 0 Å². The Hall–Kier alpha value is -1.54. The van der Waals surface area contributed by atoms with Crippen LogP contribution in [0, 0.1) is 6.92 Å². The molecule has 24 heavy (non-hydrogen) atoms. The number of amides is 1. The van der Waals surface area contributed by atoms with Gasteiger partial charge in [-0.1, -0.05) is 17.8 Å². The SMILES string of the molecule is Cc1ccc(NC(=O)[C@H](C)Sc2ccc(C(F)(F)F)cn2)c(Br)c1. The van der Waals surface area contributed by atoms with Crippen LogP contribution >= 0.6 is 27.7 Å². The number of hydrogen-bond acceptors (Lipinski definition) is 3. The minimum Gasteiger partial charge on any atom is -0.324 e. The van der Waals surface area contributed by atoms with Crippen LogP contribution < -0.4 is 5.32 Å². The molecular formula is C16H14BrF3N2OS. The first-order chi connectivity index (χ1) is 11.2. The molecule has 0 fully saturated rings. The quantitative estimate of drug-likeness (QED) is 0.685. The van der Waals surface area contributed by atoms with E-state index >= 15 is 0 Å². The molecule has 1 atom stereocenters. The van der Waals surface area contributed by atoms with Crippen molar-refractivity contribution in [3.63, 3.8) is 0 Å². The second-order valence-electron chi connectivity index (χ2n) is 5.12. The third-order valence-electron chi connectivity index (χ3n) is 3.11. The summed E-state index contributed by atoms with van der Waals surface area (Å²) in [6, 6.07) is 7.75. The Balaban J connectivity index is 2.01. The lowest BCUT2D eigenvalue weighted by molar-refractivity contribution is -0.137. The first-order valence-corrected chi connectivity index (χ1v) is 8.61. The molecule has 0 saturated carbocycles. The van der Waals surface area contributed by atoms with Gasteiger partial charge in [-0.25, -0.2) is 4.98 Å². The van der Waals surface area contributed by atoms with Gasteiger partial charge in [0.15, 0.2) is 0 Å². The molecule has 2 rings (SSSR count). The van der Waals surface area contributed by atoms with Gasteiger partial charge in [-0.15, -0.1) is 0 Å². The number of hydrogen-bond donors (Lipinski definition) is 1. The second kappa shape index (κ2) is 7.57. The number of nitrogens with zero attached hydrogens (tertiary/aromatic N) is 1. The minimum atomic E-state index is -4.42. The third kappa shape index (κ3) is 4.98. The van der Waals surface area contributed by atoms with E-state index in [1.807, 2.05) is 19.1 Å². The zero-order chi connectivity index (χ0) is 17.9. The van der Waals surface area contributed by atoms with Gasteiger partial charge in [0, 0.05) is 10.7 Å². The van der Waals surface area contributed by atoms with Crippen molar-refractivity contribution in [3.8, 4) is 0 Å². The minimum absolute atomic E-state index is 0.258. The van der Waals surface area contributed by atoms with E-state index in [2.05, 4.69) is 26.2 Å². The fourth-order valence-corrected chi connectivity index (χ4v) is 3.19. The van der Waals surface area contributed by atoms with Crippen LogP contribution in [0.25, 0.3) is 0 Å². The molecule has 0 saturated heterocycles. The van der Waals surface area contributed by atoms with Gasteiger partial charge in [-0.2, -0.15) is 13.2 Å². The van der Waals surface area contributed by atoms with Crippen LogP contribution in [-0.2, 0) is 11.0 Å². The van der Waals surface area contributed by atoms with E-state index in [1.165, 1.54) is 6.07 Å². The van der Waals surface area contributed by atoms with Gasteiger partial charge in [0.05, 0.1) is 21.5 Å². The fourth-order valence-electron chi connectivity index (χ4n) is 1.81. The lowest BCUT2D eigenvalue weighted by Crippen LogP contribution is -2.22. The summed E-state index contributed by atoms with van der Waals surface area (Å²) in [5, 5.41) is 2.62. The Morgan fingerprint density at radius 2 is 2.00 bits per heavy atom. The number of thioether (sulfide) groups is 1. The van der Waals surface area contributed by atoms with Crippen molar-refractivity contribution < 1.29 is 18.0 Å². The molecule has 0 spiro atoms. The van der Waals surface area contributed by atoms with E-state index in [-0.39, 0.29) is 5.91 Å². The Bertz CT molecular complexity index is 735. The summed E-state index contributed by atoms with van der Waals surface area (Å²) < 4.78 is 38.3. The molecule has 8 heteroatoms. The summed E-state index contributed by atoms with van der Waals surface area (Å²) in [5.74, 6) is -0.258. The maximum Gasteiger partial charge on any atom is 0.417 e. The largest absolute Gasteiger partial charge is 0.417 e. The lowest BCUT2D eigenvalue weighted by Gasteiger charge is -2.13. The predicted molar refractivity (Wildman–Crippen MR) is 92.1 cm³/mol. The average molecular weight is 419 g/mol. The van der Waals surface area contributed by atoms with Crippen molar-refractivity contribution in [1.29, 1.82) is 0 Å². The molecule has 0 unspecified atom stereocenters. The number of rotatable bonds is 4. The standard InChI is InChI=1S/C16H14BrF3N2OS/c1-9-3-5-13(12(17)7-9)22-15(23)10(2)24-14-6-4-11(8-21-14)16(18,19)20/h3-8,10H,1-2H3,(H,22,23)/t10-/m0/s1. The highest BCUT2D eigenvalue weighted by atomic mass is 79.9. The number of aryl methyl sites for hydroxylation is 1. The van der Waals surface area contributed by atoms with E-state index in [1.54, 1.807) is 13.0 Å². The van der Waals surface area contributed by atoms with Crippen LogP contribution in [0.2, 0.25) is 0 Å². The Morgan fingerprint density at radius 3 is 2.54 bits per heavy atom. The number of carbonyl (C=O) groups excluding carboxylic acids is 1. The van der Waals surface area contributed by atoms with Crippen molar-refractivity contribution in [1.82, 2.24) is 4.98 Å². The number of halogens is 4. The summed E-state index contributed by atoms with van der Waals surface area (Å²) in [6.45, 7) is 3.60. The van der Waals surface area contributed by atoms with Gasteiger partial charge in [0.25, 0.3) is 0 Å². The van der Waals surface area contributed by atoms with Crippen molar-refractivity contribution in [3.05, 3.63) is 52.1 Å². The van der Waals surface area contributed by atoms with Crippen molar-refractivity contribution in [2.45, 2.75) is 30.3 Å². The summed E-state index contributed by atoms with van der Waals surface area (Å²) >= 11 is 4.47. The highest BCUT2D eigenvalue weighted by Crippen LogP contribution is 2.31. The monoisotopic (exact) mass is 418 g/mol. The Morgan fingerprint density at radius 1 is 1.29 bits per heavy atom. The number of nitrogens with one attached hydrogen (secondary N) is 1. The average Bonchev–Trinajstić information content (AvgIpc) is 2.49. The van der Waals surface area contributed by atoms with Crippen LogP contribution in [-0.4, -0.2) is 16.1 Å². The highest BCUT2D eigenvalue weighted by molar-refractivity contribution is 9.10. The van der Waals surface area contributed by atoms with Crippen LogP contribution in [0.15, 0.2) is 46.0 Å². The van der Waals surface area contributed by atoms with E-state index in [0.29, 0.717) is 10.7 Å². The predicted octanol–water partition coefficient (Wildman–Crippen LogP) is 5.29. The molecule has 2 aromatic rings. The van der Waals surface area contributed by atoms with Gasteiger partial charge in [-0.05, 0) is 59.6 Å². The van der Waals surface area contributed by atoms with Crippen molar-refractivity contribution in [2.75, 3.05) is 5.32 Å². The number of carbonyl (C=O) groups is 1. The Kier molecular flexibility index (Phi) is 5.92. The molecule has 1 aromatic heterocycles. The van der Waals surface area contributed by atoms with Crippen LogP contribution in [0.5, 0.6) is 0 Å². The van der Waals surface area contributed by atoms with E-state index in [9.17, 15) is 18.0 Å². The zero-order valence-corrected chi connectivity index (χ0v) is 15.2. The van der Waals surface area contributed by atoms with E-state index < -0.39 is 17.0 Å². The van der Waals surface area contributed by atoms with Crippen molar-refractivity contribution in [2.24, 2.45) is 0 Å². The number of benzene rings is 1. The maximum atomic E-state index is 12.5. The zero-order valence-electron chi connectivity index (χ0n) is 12.8. The number of alkyl halides is 3. The molecule has 1 amide bonds. The first-order valence-electron chi connectivity index (χ1n) is 6.94. The molecule has 0 aliphatic rings. The van der Waals surface area contributed by atoms with Gasteiger partial charge in [-0.3, -0.25) is 4.79 Å². The van der Waals surface area contributed by atoms with Crippen LogP contribution in [0.3, 0.4) is 0 Å². The molecule has 1 N–H and O–H groups in total. The summed E-state index contributed by atoms with van der Waals surface area (Å²) in [7, 11) is 0. The summed E-state index contributed by atoms with van der Waals surface area (Å²) in [4.78, 5) is 16.0. The van der Waals surface area contributed by atoms with Gasteiger partial charge in [0.1, 0.15) is 0 Å². The Labute approximate surface area is 150 Å². The summed E-state index contributed by atoms with van der Waals surface area (Å²) in [5.41, 5.74) is 0.877. The number of anilines is 1. The first kappa shape index (κ1) is 18.8. The molecule has 0 aliphatic heterocycles. The molecule has 0 bridgehead atoms. The highest BCUT2D eigenvalue weighted by Gasteiger charge is 2.30. The normalized spacial score (nSPS) is 12.8. The molecule has 1 aromatic carbocycles. The van der Waals surface area contributed by atoms with Crippen molar-refractivity contribution >= 4 is 39.3 Å². The number of pyridine rings is 1. The van der Waals surface area contributed by atoms with Crippen LogP contribution in [0.1, 0.15) is 18.1 Å². The van der Waals surface area contributed by atoms with Gasteiger partial charge < -0.3 is 5.32 Å². The molecule has 0 radical (unpaired) electrons.